The summed E-state index contributed by atoms with van der Waals surface area (Å²) in [5, 5.41) is 7.64. The van der Waals surface area contributed by atoms with E-state index in [0.717, 1.165) is 6.42 Å². The number of carboxylic acids is 1. The predicted molar refractivity (Wildman–Crippen MR) is 43.7 cm³/mol. The fourth-order valence-electron chi connectivity index (χ4n) is 0.214. The SMILES string of the molecule is CCC(=O)Cl.CCCC(=O)O. The number of hydrogen-bond donors (Lipinski definition) is 1. The average molecular weight is 181 g/mol. The molecule has 0 heterocycles. The van der Waals surface area contributed by atoms with Crippen molar-refractivity contribution in [1.29, 1.82) is 0 Å². The van der Waals surface area contributed by atoms with Crippen LogP contribution < -0.4 is 0 Å². The molecule has 0 aromatic rings. The van der Waals surface area contributed by atoms with Crippen molar-refractivity contribution in [2.45, 2.75) is 33.1 Å². The van der Waals surface area contributed by atoms with Crippen molar-refractivity contribution in [3.63, 3.8) is 0 Å². The quantitative estimate of drug-likeness (QED) is 0.677. The Labute approximate surface area is 71.4 Å². The van der Waals surface area contributed by atoms with Gasteiger partial charge in [0.25, 0.3) is 0 Å². The van der Waals surface area contributed by atoms with Gasteiger partial charge in [-0.2, -0.15) is 0 Å². The summed E-state index contributed by atoms with van der Waals surface area (Å²) < 4.78 is 0. The van der Waals surface area contributed by atoms with Gasteiger partial charge in [0.15, 0.2) is 0 Å². The van der Waals surface area contributed by atoms with Crippen LogP contribution >= 0.6 is 11.6 Å². The van der Waals surface area contributed by atoms with E-state index in [1.54, 1.807) is 6.92 Å². The summed E-state index contributed by atoms with van der Waals surface area (Å²) >= 11 is 4.82. The van der Waals surface area contributed by atoms with Crippen LogP contribution in [0.5, 0.6) is 0 Å². The van der Waals surface area contributed by atoms with E-state index in [9.17, 15) is 9.59 Å². The van der Waals surface area contributed by atoms with Crippen molar-refractivity contribution in [1.82, 2.24) is 0 Å². The summed E-state index contributed by atoms with van der Waals surface area (Å²) in [5.74, 6) is -0.711. The zero-order chi connectivity index (χ0) is 9.28. The van der Waals surface area contributed by atoms with E-state index in [2.05, 4.69) is 0 Å². The maximum Gasteiger partial charge on any atom is 0.303 e. The van der Waals surface area contributed by atoms with Crippen LogP contribution in [-0.4, -0.2) is 16.3 Å². The lowest BCUT2D eigenvalue weighted by molar-refractivity contribution is -0.137. The van der Waals surface area contributed by atoms with E-state index in [4.69, 9.17) is 16.7 Å². The standard InChI is InChI=1S/C4H8O2.C3H5ClO/c1-2-3-4(5)6;1-2-3(4)5/h2-3H2,1H3,(H,5,6);2H2,1H3. The lowest BCUT2D eigenvalue weighted by Gasteiger charge is -1.79. The van der Waals surface area contributed by atoms with Gasteiger partial charge in [0.2, 0.25) is 5.24 Å². The first-order chi connectivity index (χ1) is 5.04. The Morgan fingerprint density at radius 3 is 1.73 bits per heavy atom. The van der Waals surface area contributed by atoms with Crippen LogP contribution in [0.1, 0.15) is 33.1 Å². The van der Waals surface area contributed by atoms with Crippen LogP contribution in [-0.2, 0) is 9.59 Å². The third kappa shape index (κ3) is 26.5. The molecule has 0 amide bonds. The Balaban J connectivity index is 0. The number of carbonyl (C=O) groups is 2. The summed E-state index contributed by atoms with van der Waals surface area (Å²) in [4.78, 5) is 19.2. The van der Waals surface area contributed by atoms with Gasteiger partial charge in [0.05, 0.1) is 0 Å². The molecule has 0 aromatic heterocycles. The summed E-state index contributed by atoms with van der Waals surface area (Å²) in [7, 11) is 0. The molecule has 11 heavy (non-hydrogen) atoms. The van der Waals surface area contributed by atoms with E-state index in [1.807, 2.05) is 6.92 Å². The molecule has 0 saturated carbocycles. The van der Waals surface area contributed by atoms with Gasteiger partial charge >= 0.3 is 5.97 Å². The third-order valence-electron chi connectivity index (χ3n) is 0.742. The van der Waals surface area contributed by atoms with E-state index >= 15 is 0 Å². The molecule has 3 nitrogen and oxygen atoms in total. The van der Waals surface area contributed by atoms with Gasteiger partial charge in [-0.3, -0.25) is 9.59 Å². The van der Waals surface area contributed by atoms with Crippen molar-refractivity contribution in [2.75, 3.05) is 0 Å². The molecule has 66 valence electrons. The van der Waals surface area contributed by atoms with Crippen molar-refractivity contribution < 1.29 is 14.7 Å². The summed E-state index contributed by atoms with van der Waals surface area (Å²) in [6.07, 6.45) is 1.46. The predicted octanol–water partition coefficient (Wildman–Crippen LogP) is 2.03. The Morgan fingerprint density at radius 1 is 1.36 bits per heavy atom. The average Bonchev–Trinajstić information content (AvgIpc) is 1.89. The van der Waals surface area contributed by atoms with Crippen molar-refractivity contribution in [3.8, 4) is 0 Å². The second kappa shape index (κ2) is 9.43. The molecule has 4 heteroatoms. The smallest absolute Gasteiger partial charge is 0.303 e. The Kier molecular flexibility index (Phi) is 11.2. The lowest BCUT2D eigenvalue weighted by Crippen LogP contribution is -1.90. The molecule has 0 aromatic carbocycles. The minimum atomic E-state index is -0.711. The molecule has 0 atom stereocenters. The van der Waals surface area contributed by atoms with Gasteiger partial charge in [-0.1, -0.05) is 13.8 Å². The van der Waals surface area contributed by atoms with Gasteiger partial charge in [0.1, 0.15) is 0 Å². The minimum Gasteiger partial charge on any atom is -0.481 e. The fraction of sp³-hybridized carbons (Fsp3) is 0.714. The van der Waals surface area contributed by atoms with Crippen molar-refractivity contribution >= 4 is 22.8 Å². The molecule has 0 aliphatic carbocycles. The van der Waals surface area contributed by atoms with Crippen LogP contribution in [0.15, 0.2) is 0 Å². The molecule has 0 saturated heterocycles. The number of aliphatic carboxylic acids is 1. The maximum absolute atomic E-state index is 9.60. The largest absolute Gasteiger partial charge is 0.481 e. The molecule has 0 rings (SSSR count). The molecule has 0 bridgehead atoms. The molecular formula is C7H13ClO3. The highest BCUT2D eigenvalue weighted by Gasteiger charge is 1.87. The molecule has 0 aliphatic heterocycles. The summed E-state index contributed by atoms with van der Waals surface area (Å²) in [5.41, 5.74) is 0. The van der Waals surface area contributed by atoms with Crippen LogP contribution in [0, 0.1) is 0 Å². The van der Waals surface area contributed by atoms with E-state index in [1.165, 1.54) is 0 Å². The topological polar surface area (TPSA) is 54.4 Å². The Morgan fingerprint density at radius 2 is 1.73 bits per heavy atom. The zero-order valence-corrected chi connectivity index (χ0v) is 7.52. The maximum atomic E-state index is 9.60. The first-order valence-electron chi connectivity index (χ1n) is 3.44. The number of carboxylic acid groups (broad SMARTS) is 1. The number of rotatable bonds is 3. The molecule has 0 spiro atoms. The molecular weight excluding hydrogens is 168 g/mol. The van der Waals surface area contributed by atoms with Crippen molar-refractivity contribution in [3.05, 3.63) is 0 Å². The molecule has 0 fully saturated rings. The molecule has 0 unspecified atom stereocenters. The first-order valence-corrected chi connectivity index (χ1v) is 3.82. The summed E-state index contributed by atoms with van der Waals surface area (Å²) in [6, 6.07) is 0. The highest BCUT2D eigenvalue weighted by atomic mass is 35.5. The summed E-state index contributed by atoms with van der Waals surface area (Å²) in [6.45, 7) is 3.56. The fourth-order valence-corrected chi connectivity index (χ4v) is 0.214. The third-order valence-corrected chi connectivity index (χ3v) is 1.01. The number of halogens is 1. The number of carbonyl (C=O) groups excluding carboxylic acids is 1. The normalized spacial score (nSPS) is 7.91. The number of hydrogen-bond acceptors (Lipinski definition) is 2. The highest BCUT2D eigenvalue weighted by molar-refractivity contribution is 6.63. The van der Waals surface area contributed by atoms with Gasteiger partial charge in [-0.15, -0.1) is 0 Å². The van der Waals surface area contributed by atoms with Gasteiger partial charge < -0.3 is 5.11 Å². The second-order valence-electron chi connectivity index (χ2n) is 1.85. The lowest BCUT2D eigenvalue weighted by atomic mass is 10.4. The van der Waals surface area contributed by atoms with E-state index < -0.39 is 5.97 Å². The van der Waals surface area contributed by atoms with Crippen LogP contribution in [0.4, 0.5) is 0 Å². The first kappa shape index (κ1) is 13.1. The van der Waals surface area contributed by atoms with Gasteiger partial charge in [0, 0.05) is 12.8 Å². The van der Waals surface area contributed by atoms with E-state index in [0.29, 0.717) is 12.8 Å². The Hall–Kier alpha value is -0.570. The van der Waals surface area contributed by atoms with Gasteiger partial charge in [-0.25, -0.2) is 0 Å². The van der Waals surface area contributed by atoms with E-state index in [-0.39, 0.29) is 5.24 Å². The minimum absolute atomic E-state index is 0.273. The monoisotopic (exact) mass is 180 g/mol. The van der Waals surface area contributed by atoms with Crippen LogP contribution in [0.3, 0.4) is 0 Å². The van der Waals surface area contributed by atoms with Crippen LogP contribution in [0.2, 0.25) is 0 Å². The molecule has 1 N–H and O–H groups in total. The van der Waals surface area contributed by atoms with Crippen LogP contribution in [0.25, 0.3) is 0 Å². The van der Waals surface area contributed by atoms with Crippen molar-refractivity contribution in [2.24, 2.45) is 0 Å². The second-order valence-corrected chi connectivity index (χ2v) is 2.27. The van der Waals surface area contributed by atoms with Gasteiger partial charge in [-0.05, 0) is 18.0 Å². The molecule has 0 aliphatic rings. The highest BCUT2D eigenvalue weighted by Crippen LogP contribution is 1.82. The Bertz CT molecular complexity index is 123. The zero-order valence-electron chi connectivity index (χ0n) is 6.76. The molecule has 0 radical (unpaired) electrons.